The Kier molecular flexibility index (Phi) is 8.20. The van der Waals surface area contributed by atoms with Crippen LogP contribution in [0.25, 0.3) is 0 Å². The largest absolute Gasteiger partial charge is 0.348 e. The maximum Gasteiger partial charge on any atom is 0.236 e. The Morgan fingerprint density at radius 2 is 1.71 bits per heavy atom. The molecule has 166 valence electrons. The molecule has 2 aromatic carbocycles. The van der Waals surface area contributed by atoms with Crippen molar-refractivity contribution in [3.8, 4) is 0 Å². The lowest BCUT2D eigenvalue weighted by atomic mass is 10.1. The highest BCUT2D eigenvalue weighted by atomic mass is 16.2. The van der Waals surface area contributed by atoms with Gasteiger partial charge in [0.1, 0.15) is 0 Å². The lowest BCUT2D eigenvalue weighted by Crippen LogP contribution is -2.51. The van der Waals surface area contributed by atoms with Gasteiger partial charge in [0.25, 0.3) is 0 Å². The molecule has 0 bridgehead atoms. The first-order chi connectivity index (χ1) is 14.9. The molecule has 0 radical (unpaired) electrons. The number of nitrogens with zero attached hydrogens (tertiary/aromatic N) is 3. The molecule has 0 aliphatic carbocycles. The van der Waals surface area contributed by atoms with Gasteiger partial charge in [-0.3, -0.25) is 19.4 Å². The monoisotopic (exact) mass is 422 g/mol. The Bertz CT molecular complexity index is 863. The summed E-state index contributed by atoms with van der Waals surface area (Å²) in [5, 5.41) is 3.00. The summed E-state index contributed by atoms with van der Waals surface area (Å²) in [4.78, 5) is 31.1. The highest BCUT2D eigenvalue weighted by molar-refractivity contribution is 5.81. The Labute approximate surface area is 185 Å². The van der Waals surface area contributed by atoms with Crippen molar-refractivity contribution in [2.45, 2.75) is 26.4 Å². The zero-order valence-corrected chi connectivity index (χ0v) is 18.9. The van der Waals surface area contributed by atoms with E-state index in [4.69, 9.17) is 0 Å². The molecule has 1 N–H and O–H groups in total. The molecule has 1 fully saturated rings. The normalized spacial score (nSPS) is 15.7. The van der Waals surface area contributed by atoms with Gasteiger partial charge in [-0.15, -0.1) is 0 Å². The predicted octanol–water partition coefficient (Wildman–Crippen LogP) is 2.45. The van der Waals surface area contributed by atoms with Crippen molar-refractivity contribution >= 4 is 11.8 Å². The summed E-state index contributed by atoms with van der Waals surface area (Å²) < 4.78 is 0. The second-order valence-electron chi connectivity index (χ2n) is 8.52. The van der Waals surface area contributed by atoms with E-state index in [2.05, 4.69) is 41.4 Å². The molecule has 6 heteroatoms. The maximum absolute atomic E-state index is 12.7. The van der Waals surface area contributed by atoms with Gasteiger partial charge in [0.2, 0.25) is 11.8 Å². The molecule has 3 rings (SSSR count). The zero-order valence-electron chi connectivity index (χ0n) is 18.9. The fourth-order valence-electron chi connectivity index (χ4n) is 3.97. The van der Waals surface area contributed by atoms with Gasteiger partial charge < -0.3 is 10.2 Å². The summed E-state index contributed by atoms with van der Waals surface area (Å²) in [6, 6.07) is 18.4. The van der Waals surface area contributed by atoms with Crippen molar-refractivity contribution in [3.63, 3.8) is 0 Å². The van der Waals surface area contributed by atoms with Gasteiger partial charge in [-0.05, 0) is 32.0 Å². The summed E-state index contributed by atoms with van der Waals surface area (Å²) in [6.45, 7) is 8.67. The van der Waals surface area contributed by atoms with E-state index in [0.29, 0.717) is 0 Å². The number of amides is 2. The number of carbonyl (C=O) groups excluding carboxylic acids is 2. The van der Waals surface area contributed by atoms with Crippen LogP contribution in [0, 0.1) is 6.92 Å². The minimum Gasteiger partial charge on any atom is -0.348 e. The highest BCUT2D eigenvalue weighted by Crippen LogP contribution is 2.12. The Hall–Kier alpha value is -2.70. The van der Waals surface area contributed by atoms with E-state index < -0.39 is 0 Å². The number of benzene rings is 2. The van der Waals surface area contributed by atoms with Crippen LogP contribution in [0.4, 0.5) is 0 Å². The molecule has 0 aromatic heterocycles. The summed E-state index contributed by atoms with van der Waals surface area (Å²) in [5.74, 6) is 0.0104. The number of hydrogen-bond donors (Lipinski definition) is 1. The van der Waals surface area contributed by atoms with Crippen LogP contribution in [-0.2, 0) is 16.1 Å². The van der Waals surface area contributed by atoms with Gasteiger partial charge in [-0.25, -0.2) is 0 Å². The van der Waals surface area contributed by atoms with Crippen LogP contribution in [0.2, 0.25) is 0 Å². The molecule has 6 nitrogen and oxygen atoms in total. The molecule has 1 heterocycles. The molecule has 2 aromatic rings. The van der Waals surface area contributed by atoms with Crippen LogP contribution in [0.3, 0.4) is 0 Å². The van der Waals surface area contributed by atoms with Crippen LogP contribution in [0.1, 0.15) is 29.7 Å². The predicted molar refractivity (Wildman–Crippen MR) is 124 cm³/mol. The van der Waals surface area contributed by atoms with Gasteiger partial charge in [0.05, 0.1) is 19.1 Å². The third-order valence-corrected chi connectivity index (χ3v) is 5.71. The topological polar surface area (TPSA) is 55.9 Å². The number of rotatable bonds is 8. The van der Waals surface area contributed by atoms with Crippen molar-refractivity contribution in [2.75, 3.05) is 46.3 Å². The third kappa shape index (κ3) is 7.19. The molecule has 1 saturated heterocycles. The van der Waals surface area contributed by atoms with Gasteiger partial charge >= 0.3 is 0 Å². The number of likely N-dealkylation sites (N-methyl/N-ethyl adjacent to an activating group) is 1. The van der Waals surface area contributed by atoms with Crippen LogP contribution in [0.15, 0.2) is 54.6 Å². The lowest BCUT2D eigenvalue weighted by molar-refractivity contribution is -0.134. The minimum atomic E-state index is -0.0744. The summed E-state index contributed by atoms with van der Waals surface area (Å²) in [5.41, 5.74) is 3.66. The molecule has 31 heavy (non-hydrogen) atoms. The minimum absolute atomic E-state index is 0.0562. The molecular formula is C25H34N4O2. The van der Waals surface area contributed by atoms with Gasteiger partial charge in [-0.1, -0.05) is 60.2 Å². The fourth-order valence-corrected chi connectivity index (χ4v) is 3.97. The van der Waals surface area contributed by atoms with Crippen molar-refractivity contribution in [3.05, 3.63) is 71.3 Å². The molecule has 0 unspecified atom stereocenters. The zero-order chi connectivity index (χ0) is 22.2. The SMILES string of the molecule is Cc1cccc(CN2CCN(C(=O)CN(C)CC(=O)N[C@H](C)c3ccccc3)CC2)c1. The third-order valence-electron chi connectivity index (χ3n) is 5.71. The van der Waals surface area contributed by atoms with E-state index in [1.807, 2.05) is 49.2 Å². The molecule has 1 atom stereocenters. The average molecular weight is 423 g/mol. The second kappa shape index (κ2) is 11.1. The number of hydrogen-bond acceptors (Lipinski definition) is 4. The van der Waals surface area contributed by atoms with E-state index in [-0.39, 0.29) is 30.9 Å². The quantitative estimate of drug-likeness (QED) is 0.710. The van der Waals surface area contributed by atoms with Gasteiger partial charge in [0.15, 0.2) is 0 Å². The van der Waals surface area contributed by atoms with Crippen molar-refractivity contribution in [1.82, 2.24) is 20.0 Å². The van der Waals surface area contributed by atoms with E-state index in [0.717, 1.165) is 38.3 Å². The summed E-state index contributed by atoms with van der Waals surface area (Å²) in [7, 11) is 1.82. The first kappa shape index (κ1) is 23.0. The standard InChI is InChI=1S/C25H34N4O2/c1-20-8-7-9-22(16-20)17-28-12-14-29(15-13-28)25(31)19-27(3)18-24(30)26-21(2)23-10-5-4-6-11-23/h4-11,16,21H,12-15,17-19H2,1-3H3,(H,26,30)/t21-/m1/s1. The van der Waals surface area contributed by atoms with Gasteiger partial charge in [-0.2, -0.15) is 0 Å². The van der Waals surface area contributed by atoms with E-state index in [9.17, 15) is 9.59 Å². The average Bonchev–Trinajstić information content (AvgIpc) is 2.74. The first-order valence-corrected chi connectivity index (χ1v) is 11.0. The van der Waals surface area contributed by atoms with Crippen molar-refractivity contribution in [1.29, 1.82) is 0 Å². The molecular weight excluding hydrogens is 388 g/mol. The van der Waals surface area contributed by atoms with Crippen LogP contribution in [-0.4, -0.2) is 72.8 Å². The fraction of sp³-hybridized carbons (Fsp3) is 0.440. The molecule has 0 saturated carbocycles. The Balaban J connectivity index is 1.38. The van der Waals surface area contributed by atoms with Crippen molar-refractivity contribution in [2.24, 2.45) is 0 Å². The first-order valence-electron chi connectivity index (χ1n) is 11.0. The Morgan fingerprint density at radius 3 is 2.39 bits per heavy atom. The molecule has 0 spiro atoms. The number of piperazine rings is 1. The smallest absolute Gasteiger partial charge is 0.236 e. The summed E-state index contributed by atoms with van der Waals surface area (Å²) in [6.07, 6.45) is 0. The highest BCUT2D eigenvalue weighted by Gasteiger charge is 2.22. The van der Waals surface area contributed by atoms with E-state index in [1.165, 1.54) is 11.1 Å². The molecule has 1 aliphatic rings. The molecule has 2 amide bonds. The number of aryl methyl sites for hydroxylation is 1. The summed E-state index contributed by atoms with van der Waals surface area (Å²) >= 11 is 0. The van der Waals surface area contributed by atoms with E-state index in [1.54, 1.807) is 4.90 Å². The molecule has 1 aliphatic heterocycles. The van der Waals surface area contributed by atoms with Crippen LogP contribution >= 0.6 is 0 Å². The lowest BCUT2D eigenvalue weighted by Gasteiger charge is -2.35. The van der Waals surface area contributed by atoms with Crippen LogP contribution < -0.4 is 5.32 Å². The van der Waals surface area contributed by atoms with Gasteiger partial charge in [0, 0.05) is 32.7 Å². The van der Waals surface area contributed by atoms with Crippen molar-refractivity contribution < 1.29 is 9.59 Å². The maximum atomic E-state index is 12.7. The van der Waals surface area contributed by atoms with E-state index >= 15 is 0 Å². The number of nitrogens with one attached hydrogen (secondary N) is 1. The van der Waals surface area contributed by atoms with Crippen LogP contribution in [0.5, 0.6) is 0 Å². The number of carbonyl (C=O) groups is 2. The Morgan fingerprint density at radius 1 is 1.00 bits per heavy atom. The second-order valence-corrected chi connectivity index (χ2v) is 8.52.